The lowest BCUT2D eigenvalue weighted by molar-refractivity contribution is -0.372. The smallest absolute Gasteiger partial charge is 0.451 e. The number of aromatic nitrogens is 1. The highest BCUT2D eigenvalue weighted by Crippen LogP contribution is 2.41. The highest BCUT2D eigenvalue weighted by atomic mass is 35.5. The second kappa shape index (κ2) is 4.83. The number of rotatable bonds is 1. The number of allylic oxidation sites excluding steroid dienone is 1. The quantitative estimate of drug-likeness (QED) is 0.727. The van der Waals surface area contributed by atoms with Gasteiger partial charge in [0.1, 0.15) is 0 Å². The molecule has 0 aliphatic carbocycles. The number of fused-ring (bicyclic) bond motifs is 2. The van der Waals surface area contributed by atoms with E-state index < -0.39 is 6.97 Å². The monoisotopic (exact) mass is 332 g/mol. The van der Waals surface area contributed by atoms with Crippen molar-refractivity contribution in [1.82, 2.24) is 4.48 Å². The van der Waals surface area contributed by atoms with Crippen molar-refractivity contribution >= 4 is 30.0 Å². The Bertz CT molecular complexity index is 900. The second-order valence-corrected chi connectivity index (χ2v) is 5.76. The Hall–Kier alpha value is -2.34. The molecular weight excluding hydrogens is 320 g/mol. The summed E-state index contributed by atoms with van der Waals surface area (Å²) in [7, 11) is 1.38. The number of benzene rings is 1. The summed E-state index contributed by atoms with van der Waals surface area (Å²) in [6.45, 7) is -4.12. The molecule has 0 bridgehead atoms. The predicted octanol–water partition coefficient (Wildman–Crippen LogP) is 3.76. The maximum absolute atomic E-state index is 15.1. The molecule has 0 spiro atoms. The largest absolute Gasteiger partial charge is 0.741 e. The fourth-order valence-electron chi connectivity index (χ4n) is 3.21. The van der Waals surface area contributed by atoms with Crippen LogP contribution in [0.2, 0.25) is 5.15 Å². The second-order valence-electron chi connectivity index (χ2n) is 5.37. The van der Waals surface area contributed by atoms with Crippen molar-refractivity contribution in [2.75, 3.05) is 7.11 Å². The molecule has 0 saturated heterocycles. The molecule has 116 valence electrons. The number of halogens is 3. The molecule has 2 aromatic rings. The van der Waals surface area contributed by atoms with Crippen molar-refractivity contribution in [3.05, 3.63) is 76.7 Å². The molecule has 0 saturated carbocycles. The minimum atomic E-state index is -4.12. The summed E-state index contributed by atoms with van der Waals surface area (Å²) < 4.78 is 37.1. The molecular formula is C16H12BClF2N2O. The van der Waals surface area contributed by atoms with Crippen LogP contribution in [0.4, 0.5) is 8.63 Å². The molecule has 3 nitrogen and oxygen atoms in total. The van der Waals surface area contributed by atoms with Gasteiger partial charge in [-0.25, -0.2) is 0 Å². The molecule has 23 heavy (non-hydrogen) atoms. The normalized spacial score (nSPS) is 18.3. The Morgan fingerprint density at radius 2 is 1.83 bits per heavy atom. The first-order valence-electron chi connectivity index (χ1n) is 7.13. The van der Waals surface area contributed by atoms with Crippen molar-refractivity contribution in [3.63, 3.8) is 0 Å². The first-order valence-corrected chi connectivity index (χ1v) is 7.51. The van der Waals surface area contributed by atoms with E-state index in [1.807, 2.05) is 30.3 Å². The zero-order valence-electron chi connectivity index (χ0n) is 12.2. The van der Waals surface area contributed by atoms with Crippen LogP contribution in [-0.4, -0.2) is 28.9 Å². The molecule has 3 heterocycles. The van der Waals surface area contributed by atoms with E-state index in [0.29, 0.717) is 17.0 Å². The van der Waals surface area contributed by atoms with Crippen molar-refractivity contribution < 1.29 is 17.9 Å². The molecule has 1 aromatic heterocycles. The fraction of sp³-hybridized carbons (Fsp3) is 0.0625. The topological polar surface area (TPSA) is 17.2 Å². The number of methoxy groups -OCH3 is 1. The Labute approximate surface area is 136 Å². The third-order valence-electron chi connectivity index (χ3n) is 4.15. The van der Waals surface area contributed by atoms with Crippen molar-refractivity contribution in [2.24, 2.45) is 0 Å². The molecule has 4 rings (SSSR count). The number of hydrogen-bond donors (Lipinski definition) is 0. The summed E-state index contributed by atoms with van der Waals surface area (Å²) in [4.78, 5) is 0. The highest BCUT2D eigenvalue weighted by Gasteiger charge is 2.55. The van der Waals surface area contributed by atoms with Gasteiger partial charge in [-0.3, -0.25) is 4.49 Å². The van der Waals surface area contributed by atoms with E-state index in [4.69, 9.17) is 16.3 Å². The standard InChI is InChI=1S/C16H12BClF2N2O/c1-23-15-10-8-13-16(11-5-3-2-4-6-11)12-7-9-14(18)21(12)17(19,20)22(13)15/h2-10H,1H3. The Balaban J connectivity index is 2.12. The predicted molar refractivity (Wildman–Crippen MR) is 86.7 cm³/mol. The van der Waals surface area contributed by atoms with Crippen LogP contribution in [0.25, 0.3) is 5.57 Å². The van der Waals surface area contributed by atoms with Gasteiger partial charge < -0.3 is 17.8 Å². The van der Waals surface area contributed by atoms with Gasteiger partial charge in [0.05, 0.1) is 23.9 Å². The summed E-state index contributed by atoms with van der Waals surface area (Å²) in [5.41, 5.74) is 2.37. The van der Waals surface area contributed by atoms with E-state index >= 15 is 8.63 Å². The third kappa shape index (κ3) is 1.85. The molecule has 2 aliphatic rings. The molecule has 0 unspecified atom stereocenters. The first-order chi connectivity index (χ1) is 11.1. The first kappa shape index (κ1) is 14.3. The van der Waals surface area contributed by atoms with Gasteiger partial charge >= 0.3 is 12.9 Å². The molecule has 0 fully saturated rings. The Morgan fingerprint density at radius 3 is 2.52 bits per heavy atom. The Kier molecular flexibility index (Phi) is 3.00. The maximum atomic E-state index is 15.1. The van der Waals surface area contributed by atoms with Crippen LogP contribution < -0.4 is 0 Å². The van der Waals surface area contributed by atoms with Gasteiger partial charge in [-0.1, -0.05) is 41.9 Å². The molecule has 0 radical (unpaired) electrons. The average Bonchev–Trinajstić information content (AvgIpc) is 3.14. The zero-order valence-corrected chi connectivity index (χ0v) is 13.0. The van der Waals surface area contributed by atoms with Gasteiger partial charge in [0.15, 0.2) is 5.70 Å². The molecule has 1 aromatic carbocycles. The van der Waals surface area contributed by atoms with Gasteiger partial charge in [-0.15, -0.1) is 0 Å². The van der Waals surface area contributed by atoms with E-state index in [1.54, 1.807) is 18.2 Å². The number of nitrogens with zero attached hydrogens (tertiary/aromatic N) is 2. The van der Waals surface area contributed by atoms with E-state index in [-0.39, 0.29) is 11.1 Å². The minimum Gasteiger partial charge on any atom is -0.451 e. The SMILES string of the molecule is COC1=[N+]2C(=C(c3ccccc3)c3ccc(Cl)n3[B-]2(F)F)C=C1. The average molecular weight is 333 g/mol. The number of ether oxygens (including phenoxy) is 1. The van der Waals surface area contributed by atoms with Crippen LogP contribution in [0.1, 0.15) is 11.3 Å². The van der Waals surface area contributed by atoms with Crippen LogP contribution in [0.3, 0.4) is 0 Å². The molecule has 0 N–H and O–H groups in total. The van der Waals surface area contributed by atoms with E-state index in [2.05, 4.69) is 0 Å². The number of hydrogen-bond acceptors (Lipinski definition) is 1. The van der Waals surface area contributed by atoms with Gasteiger partial charge in [0.2, 0.25) is 0 Å². The summed E-state index contributed by atoms with van der Waals surface area (Å²) in [5, 5.41) is -0.000154. The maximum Gasteiger partial charge on any atom is 0.741 e. The third-order valence-corrected chi connectivity index (χ3v) is 4.46. The van der Waals surface area contributed by atoms with Gasteiger partial charge in [-0.05, 0) is 17.7 Å². The molecule has 7 heteroatoms. The van der Waals surface area contributed by atoms with Gasteiger partial charge in [0, 0.05) is 11.8 Å². The lowest BCUT2D eigenvalue weighted by Crippen LogP contribution is -2.51. The van der Waals surface area contributed by atoms with Crippen molar-refractivity contribution in [2.45, 2.75) is 0 Å². The molecule has 0 atom stereocenters. The van der Waals surface area contributed by atoms with Gasteiger partial charge in [0.25, 0.3) is 0 Å². The molecule has 2 aliphatic heterocycles. The van der Waals surface area contributed by atoms with Crippen LogP contribution >= 0.6 is 11.6 Å². The summed E-state index contributed by atoms with van der Waals surface area (Å²) >= 11 is 6.06. The van der Waals surface area contributed by atoms with Crippen LogP contribution in [-0.2, 0) is 4.74 Å². The zero-order chi connectivity index (χ0) is 16.2. The van der Waals surface area contributed by atoms with Crippen LogP contribution in [0.15, 0.2) is 60.3 Å². The van der Waals surface area contributed by atoms with Crippen LogP contribution in [0, 0.1) is 0 Å². The van der Waals surface area contributed by atoms with Crippen LogP contribution in [0.5, 0.6) is 0 Å². The van der Waals surface area contributed by atoms with E-state index in [0.717, 1.165) is 14.5 Å². The van der Waals surface area contributed by atoms with Gasteiger partial charge in [-0.2, -0.15) is 0 Å². The molecule has 0 amide bonds. The Morgan fingerprint density at radius 1 is 1.09 bits per heavy atom. The fourth-order valence-corrected chi connectivity index (χ4v) is 3.48. The minimum absolute atomic E-state index is 0.000154. The summed E-state index contributed by atoms with van der Waals surface area (Å²) in [5.74, 6) is 0.105. The van der Waals surface area contributed by atoms with E-state index in [1.165, 1.54) is 13.2 Å². The lowest BCUT2D eigenvalue weighted by Gasteiger charge is -2.31. The lowest BCUT2D eigenvalue weighted by atomic mass is 9.86. The van der Waals surface area contributed by atoms with E-state index in [9.17, 15) is 0 Å². The van der Waals surface area contributed by atoms with Crippen molar-refractivity contribution in [1.29, 1.82) is 0 Å². The summed E-state index contributed by atoms with van der Waals surface area (Å²) in [6.07, 6.45) is 3.20. The van der Waals surface area contributed by atoms with Crippen molar-refractivity contribution in [3.8, 4) is 0 Å². The summed E-state index contributed by atoms with van der Waals surface area (Å²) in [6, 6.07) is 12.5. The highest BCUT2D eigenvalue weighted by molar-refractivity contribution is 6.59.